The van der Waals surface area contributed by atoms with E-state index >= 15 is 0 Å². The zero-order chi connectivity index (χ0) is 19.8. The Hall–Kier alpha value is -2.12. The van der Waals surface area contributed by atoms with E-state index in [1.54, 1.807) is 13.2 Å². The van der Waals surface area contributed by atoms with Crippen LogP contribution in [0.15, 0.2) is 24.3 Å². The van der Waals surface area contributed by atoms with Crippen LogP contribution in [0.2, 0.25) is 0 Å². The molecule has 0 spiro atoms. The SMILES string of the molecule is COc1cccc(C(=O)N(CCC(=O)N2CCNCC2)CCN2CCCC2)c1. The second-order valence-corrected chi connectivity index (χ2v) is 7.45. The van der Waals surface area contributed by atoms with E-state index in [2.05, 4.69) is 10.2 Å². The molecule has 1 aromatic carbocycles. The van der Waals surface area contributed by atoms with Crippen molar-refractivity contribution in [3.05, 3.63) is 29.8 Å². The molecule has 0 aromatic heterocycles. The molecule has 2 heterocycles. The number of amides is 2. The number of carbonyl (C=O) groups is 2. The van der Waals surface area contributed by atoms with Gasteiger partial charge in [0.1, 0.15) is 5.75 Å². The maximum absolute atomic E-state index is 13.1. The van der Waals surface area contributed by atoms with E-state index in [0.717, 1.165) is 45.8 Å². The summed E-state index contributed by atoms with van der Waals surface area (Å²) in [6.07, 6.45) is 2.83. The summed E-state index contributed by atoms with van der Waals surface area (Å²) in [5, 5.41) is 3.26. The van der Waals surface area contributed by atoms with E-state index in [-0.39, 0.29) is 11.8 Å². The fourth-order valence-corrected chi connectivity index (χ4v) is 3.82. The lowest BCUT2D eigenvalue weighted by Crippen LogP contribution is -2.47. The lowest BCUT2D eigenvalue weighted by Gasteiger charge is -2.29. The van der Waals surface area contributed by atoms with Gasteiger partial charge in [0.25, 0.3) is 5.91 Å². The molecule has 154 valence electrons. The minimum absolute atomic E-state index is 0.0359. The van der Waals surface area contributed by atoms with Crippen molar-refractivity contribution in [1.29, 1.82) is 0 Å². The van der Waals surface area contributed by atoms with Crippen molar-refractivity contribution >= 4 is 11.8 Å². The lowest BCUT2D eigenvalue weighted by atomic mass is 10.1. The Labute approximate surface area is 167 Å². The molecule has 7 heteroatoms. The Morgan fingerprint density at radius 1 is 1.11 bits per heavy atom. The van der Waals surface area contributed by atoms with E-state index in [9.17, 15) is 9.59 Å². The van der Waals surface area contributed by atoms with E-state index in [1.807, 2.05) is 28.0 Å². The zero-order valence-electron chi connectivity index (χ0n) is 16.9. The summed E-state index contributed by atoms with van der Waals surface area (Å²) in [6, 6.07) is 7.24. The fourth-order valence-electron chi connectivity index (χ4n) is 3.82. The minimum Gasteiger partial charge on any atom is -0.497 e. The number of rotatable bonds is 8. The molecule has 2 fully saturated rings. The van der Waals surface area contributed by atoms with Crippen LogP contribution < -0.4 is 10.1 Å². The van der Waals surface area contributed by atoms with Gasteiger partial charge in [0.15, 0.2) is 0 Å². The highest BCUT2D eigenvalue weighted by atomic mass is 16.5. The largest absolute Gasteiger partial charge is 0.497 e. The molecular formula is C21H32N4O3. The lowest BCUT2D eigenvalue weighted by molar-refractivity contribution is -0.131. The Morgan fingerprint density at radius 3 is 2.57 bits per heavy atom. The normalized spacial score (nSPS) is 17.5. The molecule has 2 saturated heterocycles. The van der Waals surface area contributed by atoms with Gasteiger partial charge in [0.05, 0.1) is 7.11 Å². The summed E-state index contributed by atoms with van der Waals surface area (Å²) in [6.45, 7) is 7.32. The third kappa shape index (κ3) is 5.69. The molecule has 0 radical (unpaired) electrons. The summed E-state index contributed by atoms with van der Waals surface area (Å²) in [4.78, 5) is 31.8. The third-order valence-electron chi connectivity index (χ3n) is 5.55. The predicted molar refractivity (Wildman–Crippen MR) is 109 cm³/mol. The second-order valence-electron chi connectivity index (χ2n) is 7.45. The summed E-state index contributed by atoms with van der Waals surface area (Å²) in [7, 11) is 1.60. The van der Waals surface area contributed by atoms with Crippen molar-refractivity contribution in [1.82, 2.24) is 20.0 Å². The highest BCUT2D eigenvalue weighted by molar-refractivity contribution is 5.95. The fraction of sp³-hybridized carbons (Fsp3) is 0.619. The number of likely N-dealkylation sites (tertiary alicyclic amines) is 1. The molecule has 2 aliphatic heterocycles. The monoisotopic (exact) mass is 388 g/mol. The number of nitrogens with zero attached hydrogens (tertiary/aromatic N) is 3. The number of ether oxygens (including phenoxy) is 1. The molecule has 0 aliphatic carbocycles. The number of methoxy groups -OCH3 is 1. The summed E-state index contributed by atoms with van der Waals surface area (Å²) < 4.78 is 5.26. The second kappa shape index (κ2) is 10.4. The number of benzene rings is 1. The Bertz CT molecular complexity index is 655. The maximum atomic E-state index is 13.1. The molecule has 3 rings (SSSR count). The van der Waals surface area contributed by atoms with Gasteiger partial charge in [-0.2, -0.15) is 0 Å². The first-order chi connectivity index (χ1) is 13.7. The van der Waals surface area contributed by atoms with Gasteiger partial charge in [0, 0.05) is 57.8 Å². The van der Waals surface area contributed by atoms with Crippen molar-refractivity contribution in [2.45, 2.75) is 19.3 Å². The van der Waals surface area contributed by atoms with E-state index < -0.39 is 0 Å². The molecule has 28 heavy (non-hydrogen) atoms. The van der Waals surface area contributed by atoms with Crippen LogP contribution in [0.5, 0.6) is 5.75 Å². The molecule has 1 N–H and O–H groups in total. The van der Waals surface area contributed by atoms with Crippen molar-refractivity contribution in [3.8, 4) is 5.75 Å². The van der Waals surface area contributed by atoms with Crippen LogP contribution in [0.4, 0.5) is 0 Å². The standard InChI is InChI=1S/C21H32N4O3/c1-28-19-6-4-5-18(17-19)21(27)25(16-15-23-10-2-3-11-23)12-7-20(26)24-13-8-22-9-14-24/h4-6,17,22H,2-3,7-16H2,1H3. The molecule has 0 saturated carbocycles. The van der Waals surface area contributed by atoms with Crippen LogP contribution in [-0.2, 0) is 4.79 Å². The molecule has 0 bridgehead atoms. The van der Waals surface area contributed by atoms with Crippen LogP contribution >= 0.6 is 0 Å². The maximum Gasteiger partial charge on any atom is 0.254 e. The average Bonchev–Trinajstić information content (AvgIpc) is 3.27. The first kappa shape index (κ1) is 20.6. The predicted octanol–water partition coefficient (Wildman–Crippen LogP) is 1.06. The van der Waals surface area contributed by atoms with Gasteiger partial charge in [-0.15, -0.1) is 0 Å². The van der Waals surface area contributed by atoms with Gasteiger partial charge >= 0.3 is 0 Å². The average molecular weight is 389 g/mol. The molecular weight excluding hydrogens is 356 g/mol. The molecule has 2 amide bonds. The molecule has 0 atom stereocenters. The van der Waals surface area contributed by atoms with E-state index in [1.165, 1.54) is 12.8 Å². The van der Waals surface area contributed by atoms with Crippen LogP contribution in [0, 0.1) is 0 Å². The number of nitrogens with one attached hydrogen (secondary N) is 1. The first-order valence-corrected chi connectivity index (χ1v) is 10.3. The Morgan fingerprint density at radius 2 is 1.86 bits per heavy atom. The first-order valence-electron chi connectivity index (χ1n) is 10.3. The van der Waals surface area contributed by atoms with Gasteiger partial charge in [-0.05, 0) is 44.1 Å². The highest BCUT2D eigenvalue weighted by Crippen LogP contribution is 2.15. The highest BCUT2D eigenvalue weighted by Gasteiger charge is 2.22. The third-order valence-corrected chi connectivity index (χ3v) is 5.55. The molecule has 2 aliphatic rings. The minimum atomic E-state index is -0.0359. The Balaban J connectivity index is 1.62. The van der Waals surface area contributed by atoms with Gasteiger partial charge in [-0.3, -0.25) is 9.59 Å². The quantitative estimate of drug-likeness (QED) is 0.721. The summed E-state index contributed by atoms with van der Waals surface area (Å²) >= 11 is 0. The molecule has 1 aromatic rings. The summed E-state index contributed by atoms with van der Waals surface area (Å²) in [5.74, 6) is 0.763. The topological polar surface area (TPSA) is 65.1 Å². The van der Waals surface area contributed by atoms with Gasteiger partial charge in [-0.1, -0.05) is 6.07 Å². The number of carbonyl (C=O) groups excluding carboxylic acids is 2. The number of hydrogen-bond donors (Lipinski definition) is 1. The van der Waals surface area contributed by atoms with Crippen molar-refractivity contribution in [2.75, 3.05) is 66.0 Å². The van der Waals surface area contributed by atoms with E-state index in [4.69, 9.17) is 4.74 Å². The van der Waals surface area contributed by atoms with Gasteiger partial charge < -0.3 is 24.8 Å². The van der Waals surface area contributed by atoms with Crippen LogP contribution in [0.3, 0.4) is 0 Å². The van der Waals surface area contributed by atoms with Gasteiger partial charge in [-0.25, -0.2) is 0 Å². The Kier molecular flexibility index (Phi) is 7.68. The van der Waals surface area contributed by atoms with Gasteiger partial charge in [0.2, 0.25) is 5.91 Å². The summed E-state index contributed by atoms with van der Waals surface area (Å²) in [5.41, 5.74) is 0.607. The van der Waals surface area contributed by atoms with Crippen LogP contribution in [0.1, 0.15) is 29.6 Å². The zero-order valence-corrected chi connectivity index (χ0v) is 16.9. The molecule has 7 nitrogen and oxygen atoms in total. The number of hydrogen-bond acceptors (Lipinski definition) is 5. The van der Waals surface area contributed by atoms with Crippen LogP contribution in [0.25, 0.3) is 0 Å². The van der Waals surface area contributed by atoms with Crippen LogP contribution in [-0.4, -0.2) is 92.5 Å². The molecule has 0 unspecified atom stereocenters. The van der Waals surface area contributed by atoms with Crippen molar-refractivity contribution in [3.63, 3.8) is 0 Å². The van der Waals surface area contributed by atoms with Crippen molar-refractivity contribution < 1.29 is 14.3 Å². The van der Waals surface area contributed by atoms with E-state index in [0.29, 0.717) is 30.8 Å². The smallest absolute Gasteiger partial charge is 0.254 e. The number of piperazine rings is 1. The van der Waals surface area contributed by atoms with Crippen molar-refractivity contribution in [2.24, 2.45) is 0 Å².